The lowest BCUT2D eigenvalue weighted by molar-refractivity contribution is 0.101. The van der Waals surface area contributed by atoms with Gasteiger partial charge in [0.15, 0.2) is 23.1 Å². The SMILES string of the molecule is COc1cc(Cl)c(F)c(C(C)=O)c1OC. The predicted molar refractivity (Wildman–Crippen MR) is 54.5 cm³/mol. The minimum absolute atomic E-state index is 0.0619. The third kappa shape index (κ3) is 2.04. The van der Waals surface area contributed by atoms with Crippen LogP contribution in [0.2, 0.25) is 5.02 Å². The van der Waals surface area contributed by atoms with Gasteiger partial charge in [-0.1, -0.05) is 11.6 Å². The van der Waals surface area contributed by atoms with Crippen LogP contribution in [0.25, 0.3) is 0 Å². The Labute approximate surface area is 91.7 Å². The van der Waals surface area contributed by atoms with Crippen molar-refractivity contribution in [3.8, 4) is 11.5 Å². The van der Waals surface area contributed by atoms with Crippen molar-refractivity contribution < 1.29 is 18.7 Å². The summed E-state index contributed by atoms with van der Waals surface area (Å²) in [6.07, 6.45) is 0. The molecular weight excluding hydrogens is 223 g/mol. The standard InChI is InChI=1S/C10H10ClFO3/c1-5(13)8-9(12)6(11)4-7(14-2)10(8)15-3/h4H,1-3H3. The molecule has 0 saturated carbocycles. The summed E-state index contributed by atoms with van der Waals surface area (Å²) in [4.78, 5) is 11.2. The molecule has 1 aromatic carbocycles. The van der Waals surface area contributed by atoms with Crippen molar-refractivity contribution in [1.29, 1.82) is 0 Å². The largest absolute Gasteiger partial charge is 0.493 e. The minimum atomic E-state index is -0.790. The third-order valence-electron chi connectivity index (χ3n) is 1.91. The van der Waals surface area contributed by atoms with E-state index < -0.39 is 11.6 Å². The van der Waals surface area contributed by atoms with E-state index in [9.17, 15) is 9.18 Å². The third-order valence-corrected chi connectivity index (χ3v) is 2.19. The average Bonchev–Trinajstić information content (AvgIpc) is 2.20. The van der Waals surface area contributed by atoms with Crippen molar-refractivity contribution in [2.45, 2.75) is 6.92 Å². The fourth-order valence-electron chi connectivity index (χ4n) is 1.26. The summed E-state index contributed by atoms with van der Waals surface area (Å²) in [5.41, 5.74) is -0.193. The van der Waals surface area contributed by atoms with Crippen molar-refractivity contribution >= 4 is 17.4 Å². The Bertz CT molecular complexity index is 404. The molecule has 0 bridgehead atoms. The van der Waals surface area contributed by atoms with Gasteiger partial charge in [0.1, 0.15) is 5.56 Å². The highest BCUT2D eigenvalue weighted by atomic mass is 35.5. The Hall–Kier alpha value is -1.29. The lowest BCUT2D eigenvalue weighted by Crippen LogP contribution is -2.04. The van der Waals surface area contributed by atoms with Crippen LogP contribution in [0.3, 0.4) is 0 Å². The molecule has 15 heavy (non-hydrogen) atoms. The Kier molecular flexibility index (Phi) is 3.52. The molecule has 0 heterocycles. The summed E-state index contributed by atoms with van der Waals surface area (Å²) < 4.78 is 23.4. The van der Waals surface area contributed by atoms with E-state index >= 15 is 0 Å². The maximum atomic E-state index is 13.5. The smallest absolute Gasteiger partial charge is 0.174 e. The van der Waals surface area contributed by atoms with Gasteiger partial charge in [-0.2, -0.15) is 0 Å². The van der Waals surface area contributed by atoms with Crippen LogP contribution in [-0.4, -0.2) is 20.0 Å². The fourth-order valence-corrected chi connectivity index (χ4v) is 1.45. The molecule has 0 aliphatic carbocycles. The van der Waals surface area contributed by atoms with Crippen molar-refractivity contribution in [3.63, 3.8) is 0 Å². The zero-order valence-electron chi connectivity index (χ0n) is 8.56. The summed E-state index contributed by atoms with van der Waals surface area (Å²) >= 11 is 5.61. The number of methoxy groups -OCH3 is 2. The molecule has 0 amide bonds. The van der Waals surface area contributed by atoms with Crippen molar-refractivity contribution in [1.82, 2.24) is 0 Å². The lowest BCUT2D eigenvalue weighted by atomic mass is 10.1. The molecule has 3 nitrogen and oxygen atoms in total. The van der Waals surface area contributed by atoms with Gasteiger partial charge in [-0.3, -0.25) is 4.79 Å². The molecular formula is C10H10ClFO3. The molecule has 0 N–H and O–H groups in total. The van der Waals surface area contributed by atoms with E-state index in [1.807, 2.05) is 0 Å². The Balaban J connectivity index is 3.56. The highest BCUT2D eigenvalue weighted by Gasteiger charge is 2.21. The first-order chi connectivity index (χ1) is 7.02. The molecule has 0 aliphatic rings. The average molecular weight is 233 g/mol. The van der Waals surface area contributed by atoms with Gasteiger partial charge in [0.25, 0.3) is 0 Å². The van der Waals surface area contributed by atoms with E-state index in [2.05, 4.69) is 0 Å². The summed E-state index contributed by atoms with van der Waals surface area (Å²) in [6, 6.07) is 1.27. The molecule has 1 aromatic rings. The molecule has 5 heteroatoms. The zero-order valence-corrected chi connectivity index (χ0v) is 9.31. The maximum absolute atomic E-state index is 13.5. The predicted octanol–water partition coefficient (Wildman–Crippen LogP) is 2.70. The van der Waals surface area contributed by atoms with Crippen LogP contribution in [-0.2, 0) is 0 Å². The monoisotopic (exact) mass is 232 g/mol. The van der Waals surface area contributed by atoms with Gasteiger partial charge < -0.3 is 9.47 Å². The van der Waals surface area contributed by atoms with E-state index in [-0.39, 0.29) is 22.1 Å². The van der Waals surface area contributed by atoms with Crippen LogP contribution in [0.1, 0.15) is 17.3 Å². The van der Waals surface area contributed by atoms with Gasteiger partial charge in [0.05, 0.1) is 19.2 Å². The summed E-state index contributed by atoms with van der Waals surface area (Å²) in [6.45, 7) is 1.23. The van der Waals surface area contributed by atoms with Crippen LogP contribution in [0.15, 0.2) is 6.07 Å². The lowest BCUT2D eigenvalue weighted by Gasteiger charge is -2.12. The van der Waals surface area contributed by atoms with Gasteiger partial charge >= 0.3 is 0 Å². The molecule has 0 aliphatic heterocycles. The Morgan fingerprint density at radius 1 is 1.40 bits per heavy atom. The number of ether oxygens (including phenoxy) is 2. The second-order valence-electron chi connectivity index (χ2n) is 2.84. The van der Waals surface area contributed by atoms with Gasteiger partial charge in [-0.25, -0.2) is 4.39 Å². The molecule has 0 saturated heterocycles. The van der Waals surface area contributed by atoms with E-state index in [1.165, 1.54) is 27.2 Å². The first kappa shape index (κ1) is 11.8. The van der Waals surface area contributed by atoms with Gasteiger partial charge in [0.2, 0.25) is 0 Å². The molecule has 0 aromatic heterocycles. The van der Waals surface area contributed by atoms with Crippen LogP contribution in [0.5, 0.6) is 11.5 Å². The topological polar surface area (TPSA) is 35.5 Å². The van der Waals surface area contributed by atoms with Gasteiger partial charge in [-0.15, -0.1) is 0 Å². The molecule has 0 radical (unpaired) electrons. The molecule has 1 rings (SSSR count). The molecule has 0 unspecified atom stereocenters. The van der Waals surface area contributed by atoms with E-state index in [4.69, 9.17) is 21.1 Å². The van der Waals surface area contributed by atoms with Crippen LogP contribution >= 0.6 is 11.6 Å². The Morgan fingerprint density at radius 2 is 2.00 bits per heavy atom. The number of hydrogen-bond donors (Lipinski definition) is 0. The summed E-state index contributed by atoms with van der Waals surface area (Å²) in [5.74, 6) is -0.965. The number of hydrogen-bond acceptors (Lipinski definition) is 3. The molecule has 0 spiro atoms. The van der Waals surface area contributed by atoms with Crippen LogP contribution in [0, 0.1) is 5.82 Å². The quantitative estimate of drug-likeness (QED) is 0.752. The minimum Gasteiger partial charge on any atom is -0.493 e. The van der Waals surface area contributed by atoms with Gasteiger partial charge in [0, 0.05) is 6.07 Å². The van der Waals surface area contributed by atoms with E-state index in [0.29, 0.717) is 0 Å². The number of rotatable bonds is 3. The van der Waals surface area contributed by atoms with Crippen molar-refractivity contribution in [2.24, 2.45) is 0 Å². The second-order valence-corrected chi connectivity index (χ2v) is 3.25. The number of benzene rings is 1. The maximum Gasteiger partial charge on any atom is 0.174 e. The Morgan fingerprint density at radius 3 is 2.40 bits per heavy atom. The fraction of sp³-hybridized carbons (Fsp3) is 0.300. The molecule has 82 valence electrons. The van der Waals surface area contributed by atoms with Crippen molar-refractivity contribution in [3.05, 3.63) is 22.5 Å². The van der Waals surface area contributed by atoms with Crippen LogP contribution in [0.4, 0.5) is 4.39 Å². The summed E-state index contributed by atoms with van der Waals surface area (Å²) in [5, 5.41) is -0.169. The highest BCUT2D eigenvalue weighted by molar-refractivity contribution is 6.31. The first-order valence-electron chi connectivity index (χ1n) is 4.13. The summed E-state index contributed by atoms with van der Waals surface area (Å²) in [7, 11) is 2.72. The zero-order chi connectivity index (χ0) is 11.6. The number of Topliss-reactive ketones (excluding diaryl/α,β-unsaturated/α-hetero) is 1. The number of carbonyl (C=O) groups excluding carboxylic acids is 1. The second kappa shape index (κ2) is 4.49. The first-order valence-corrected chi connectivity index (χ1v) is 4.51. The van der Waals surface area contributed by atoms with Crippen LogP contribution < -0.4 is 9.47 Å². The van der Waals surface area contributed by atoms with E-state index in [0.717, 1.165) is 0 Å². The normalized spacial score (nSPS) is 9.93. The number of halogens is 2. The highest BCUT2D eigenvalue weighted by Crippen LogP contribution is 2.37. The molecule has 0 fully saturated rings. The van der Waals surface area contributed by atoms with Crippen molar-refractivity contribution in [2.75, 3.05) is 14.2 Å². The van der Waals surface area contributed by atoms with Gasteiger partial charge in [-0.05, 0) is 6.92 Å². The molecule has 0 atom stereocenters. The number of ketones is 1. The van der Waals surface area contributed by atoms with E-state index in [1.54, 1.807) is 0 Å². The number of carbonyl (C=O) groups is 1.